The van der Waals surface area contributed by atoms with E-state index in [-0.39, 0.29) is 24.1 Å². The fraction of sp³-hybridized carbons (Fsp3) is 0.0952. The summed E-state index contributed by atoms with van der Waals surface area (Å²) in [7, 11) is 0. The molecule has 0 atom stereocenters. The second-order valence-corrected chi connectivity index (χ2v) is 6.18. The first-order chi connectivity index (χ1) is 13.0. The van der Waals surface area contributed by atoms with Crippen LogP contribution >= 0.6 is 0 Å². The Balaban J connectivity index is 1.85. The quantitative estimate of drug-likeness (QED) is 0.450. The highest BCUT2D eigenvalue weighted by Crippen LogP contribution is 2.24. The third kappa shape index (κ3) is 3.18. The minimum Gasteiger partial charge on any atom is -0.323 e. The largest absolute Gasteiger partial charge is 0.323 e. The molecule has 4 aromatic rings. The summed E-state index contributed by atoms with van der Waals surface area (Å²) in [4.78, 5) is 4.43. The van der Waals surface area contributed by atoms with Gasteiger partial charge in [0.05, 0.1) is 17.6 Å². The molecule has 1 heterocycles. The molecule has 27 heavy (non-hydrogen) atoms. The van der Waals surface area contributed by atoms with Crippen LogP contribution < -0.4 is 0 Å². The maximum atomic E-state index is 14.1. The van der Waals surface area contributed by atoms with E-state index in [2.05, 4.69) is 4.98 Å². The topological polar surface area (TPSA) is 17.8 Å². The molecule has 1 aromatic heterocycles. The minimum atomic E-state index is -0.689. The third-order valence-electron chi connectivity index (χ3n) is 4.51. The predicted octanol–water partition coefficient (Wildman–Crippen LogP) is 5.23. The lowest BCUT2D eigenvalue weighted by Gasteiger charge is -2.12. The Hall–Kier alpha value is -3.15. The summed E-state index contributed by atoms with van der Waals surface area (Å²) in [5.74, 6) is -2.43. The van der Waals surface area contributed by atoms with Gasteiger partial charge in [-0.05, 0) is 36.4 Å². The minimum absolute atomic E-state index is 0.129. The van der Waals surface area contributed by atoms with Gasteiger partial charge in [0.25, 0.3) is 0 Å². The Morgan fingerprint density at radius 1 is 0.667 bits per heavy atom. The van der Waals surface area contributed by atoms with E-state index >= 15 is 0 Å². The molecule has 0 aliphatic rings. The lowest BCUT2D eigenvalue weighted by Crippen LogP contribution is -2.10. The van der Waals surface area contributed by atoms with Gasteiger partial charge in [0, 0.05) is 17.5 Å². The number of imidazole rings is 1. The van der Waals surface area contributed by atoms with Crippen LogP contribution in [-0.4, -0.2) is 9.55 Å². The second kappa shape index (κ2) is 6.87. The molecule has 0 bridgehead atoms. The van der Waals surface area contributed by atoms with Gasteiger partial charge in [0.2, 0.25) is 0 Å². The zero-order valence-corrected chi connectivity index (χ0v) is 14.1. The Morgan fingerprint density at radius 2 is 1.22 bits per heavy atom. The molecule has 0 spiro atoms. The first-order valence-corrected chi connectivity index (χ1v) is 8.34. The van der Waals surface area contributed by atoms with Crippen LogP contribution in [0.2, 0.25) is 0 Å². The molecule has 0 unspecified atom stereocenters. The number of hydrogen-bond donors (Lipinski definition) is 0. The first kappa shape index (κ1) is 17.3. The van der Waals surface area contributed by atoms with E-state index in [1.165, 1.54) is 36.4 Å². The molecular weight excluding hydrogens is 356 g/mol. The van der Waals surface area contributed by atoms with Crippen LogP contribution in [0.25, 0.3) is 11.0 Å². The lowest BCUT2D eigenvalue weighted by atomic mass is 10.1. The van der Waals surface area contributed by atoms with Crippen molar-refractivity contribution in [2.24, 2.45) is 0 Å². The molecule has 0 aliphatic heterocycles. The van der Waals surface area contributed by atoms with Gasteiger partial charge in [-0.25, -0.2) is 22.5 Å². The third-order valence-corrected chi connectivity index (χ3v) is 4.51. The van der Waals surface area contributed by atoms with Crippen LogP contribution in [0.1, 0.15) is 17.0 Å². The summed E-state index contributed by atoms with van der Waals surface area (Å²) in [6, 6.07) is 14.3. The number of hydrogen-bond acceptors (Lipinski definition) is 1. The molecule has 0 radical (unpaired) electrons. The fourth-order valence-corrected chi connectivity index (χ4v) is 3.14. The fourth-order valence-electron chi connectivity index (χ4n) is 3.14. The van der Waals surface area contributed by atoms with Crippen LogP contribution in [0.4, 0.5) is 17.6 Å². The van der Waals surface area contributed by atoms with Crippen molar-refractivity contribution in [3.63, 3.8) is 0 Å². The van der Waals surface area contributed by atoms with Crippen molar-refractivity contribution in [1.82, 2.24) is 9.55 Å². The standard InChI is InChI=1S/C21H14F4N2/c22-15-5-3-6-16(23)13(15)11-21-26-19-9-1-2-10-20(19)27(21)12-14-17(24)7-4-8-18(14)25/h1-10H,11-12H2. The van der Waals surface area contributed by atoms with Gasteiger partial charge < -0.3 is 4.57 Å². The van der Waals surface area contributed by atoms with Crippen molar-refractivity contribution in [3.05, 3.63) is 101 Å². The first-order valence-electron chi connectivity index (χ1n) is 8.34. The number of fused-ring (bicyclic) bond motifs is 1. The Bertz CT molecular complexity index is 1090. The van der Waals surface area contributed by atoms with Crippen LogP contribution in [-0.2, 0) is 13.0 Å². The van der Waals surface area contributed by atoms with Gasteiger partial charge in [-0.1, -0.05) is 24.3 Å². The molecule has 0 amide bonds. The van der Waals surface area contributed by atoms with Gasteiger partial charge in [-0.3, -0.25) is 0 Å². The molecule has 3 aromatic carbocycles. The molecule has 0 fully saturated rings. The second-order valence-electron chi connectivity index (χ2n) is 6.18. The molecular formula is C21H14F4N2. The summed E-state index contributed by atoms with van der Waals surface area (Å²) in [6.07, 6.45) is -0.136. The Labute approximate surface area is 152 Å². The van der Waals surface area contributed by atoms with Crippen molar-refractivity contribution < 1.29 is 17.6 Å². The maximum absolute atomic E-state index is 14.1. The van der Waals surface area contributed by atoms with Gasteiger partial charge in [0.15, 0.2) is 0 Å². The van der Waals surface area contributed by atoms with Crippen molar-refractivity contribution in [3.8, 4) is 0 Å². The zero-order valence-electron chi connectivity index (χ0n) is 14.1. The number of rotatable bonds is 4. The molecule has 0 aliphatic carbocycles. The number of aromatic nitrogens is 2. The molecule has 6 heteroatoms. The summed E-state index contributed by atoms with van der Waals surface area (Å²) < 4.78 is 58.0. The van der Waals surface area contributed by atoms with Crippen LogP contribution in [0.5, 0.6) is 0 Å². The monoisotopic (exact) mass is 370 g/mol. The maximum Gasteiger partial charge on any atom is 0.131 e. The average molecular weight is 370 g/mol. The highest BCUT2D eigenvalue weighted by Gasteiger charge is 2.18. The smallest absolute Gasteiger partial charge is 0.131 e. The summed E-state index contributed by atoms with van der Waals surface area (Å²) in [5, 5.41) is 0. The number of para-hydroxylation sites is 2. The number of benzene rings is 3. The number of halogens is 4. The normalized spacial score (nSPS) is 11.3. The highest BCUT2D eigenvalue weighted by atomic mass is 19.1. The molecule has 136 valence electrons. The predicted molar refractivity (Wildman–Crippen MR) is 94.4 cm³/mol. The SMILES string of the molecule is Fc1cccc(F)c1Cc1nc2ccccc2n1Cc1c(F)cccc1F. The summed E-state index contributed by atoms with van der Waals surface area (Å²) in [6.45, 7) is -0.134. The lowest BCUT2D eigenvalue weighted by molar-refractivity contribution is 0.538. The van der Waals surface area contributed by atoms with Gasteiger partial charge >= 0.3 is 0 Å². The average Bonchev–Trinajstić information content (AvgIpc) is 2.99. The van der Waals surface area contributed by atoms with E-state index in [0.717, 1.165) is 0 Å². The van der Waals surface area contributed by atoms with E-state index in [1.807, 2.05) is 0 Å². The number of nitrogens with zero attached hydrogens (tertiary/aromatic N) is 2. The summed E-state index contributed by atoms with van der Waals surface area (Å²) >= 11 is 0. The molecule has 2 nitrogen and oxygen atoms in total. The Morgan fingerprint density at radius 3 is 1.85 bits per heavy atom. The highest BCUT2D eigenvalue weighted by molar-refractivity contribution is 5.76. The van der Waals surface area contributed by atoms with E-state index in [4.69, 9.17) is 0 Å². The molecule has 0 N–H and O–H groups in total. The van der Waals surface area contributed by atoms with E-state index < -0.39 is 23.3 Å². The summed E-state index contributed by atoms with van der Waals surface area (Å²) in [5.41, 5.74) is 0.951. The van der Waals surface area contributed by atoms with E-state index in [0.29, 0.717) is 16.9 Å². The molecule has 0 saturated heterocycles. The van der Waals surface area contributed by atoms with Crippen molar-refractivity contribution >= 4 is 11.0 Å². The molecule has 0 saturated carbocycles. The van der Waals surface area contributed by atoms with Gasteiger partial charge in [-0.15, -0.1) is 0 Å². The van der Waals surface area contributed by atoms with Crippen molar-refractivity contribution in [2.45, 2.75) is 13.0 Å². The van der Waals surface area contributed by atoms with E-state index in [9.17, 15) is 17.6 Å². The van der Waals surface area contributed by atoms with Crippen molar-refractivity contribution in [1.29, 1.82) is 0 Å². The van der Waals surface area contributed by atoms with E-state index in [1.54, 1.807) is 28.8 Å². The Kier molecular flexibility index (Phi) is 4.39. The molecule has 4 rings (SSSR count). The van der Waals surface area contributed by atoms with Crippen LogP contribution in [0.15, 0.2) is 60.7 Å². The zero-order chi connectivity index (χ0) is 19.0. The van der Waals surface area contributed by atoms with Gasteiger partial charge in [0.1, 0.15) is 29.1 Å². The van der Waals surface area contributed by atoms with Crippen molar-refractivity contribution in [2.75, 3.05) is 0 Å². The van der Waals surface area contributed by atoms with Crippen LogP contribution in [0, 0.1) is 23.3 Å². The van der Waals surface area contributed by atoms with Gasteiger partial charge in [-0.2, -0.15) is 0 Å². The van der Waals surface area contributed by atoms with Crippen LogP contribution in [0.3, 0.4) is 0 Å².